The summed E-state index contributed by atoms with van der Waals surface area (Å²) in [6.45, 7) is 7.53. The molecule has 5 heteroatoms. The number of para-hydroxylation sites is 1. The van der Waals surface area contributed by atoms with E-state index in [4.69, 9.17) is 14.5 Å². The van der Waals surface area contributed by atoms with Gasteiger partial charge >= 0.3 is 0 Å². The average molecular weight is 313 g/mol. The lowest BCUT2D eigenvalue weighted by atomic mass is 10.2. The van der Waals surface area contributed by atoms with Crippen LogP contribution >= 0.6 is 0 Å². The van der Waals surface area contributed by atoms with Gasteiger partial charge in [0.05, 0.1) is 23.8 Å². The Balaban J connectivity index is 2.04. The van der Waals surface area contributed by atoms with Crippen LogP contribution in [0.1, 0.15) is 26.1 Å². The van der Waals surface area contributed by atoms with Gasteiger partial charge in [-0.05, 0) is 19.4 Å². The lowest BCUT2D eigenvalue weighted by Crippen LogP contribution is -2.11. The standard InChI is InChI=1S/C18H23N3O2/c1-3-10-23-11-9-21-17(13-22-4-2)20-16-12-19-15-8-6-5-7-14(15)18(16)21/h5-8,12H,3-4,9-11,13H2,1-2H3. The summed E-state index contributed by atoms with van der Waals surface area (Å²) in [5.41, 5.74) is 3.01. The highest BCUT2D eigenvalue weighted by atomic mass is 16.5. The van der Waals surface area contributed by atoms with Gasteiger partial charge in [-0.1, -0.05) is 25.1 Å². The molecule has 0 saturated heterocycles. The molecular weight excluding hydrogens is 290 g/mol. The predicted molar refractivity (Wildman–Crippen MR) is 91.5 cm³/mol. The molecule has 5 nitrogen and oxygen atoms in total. The minimum Gasteiger partial charge on any atom is -0.380 e. The topological polar surface area (TPSA) is 49.2 Å². The minimum atomic E-state index is 0.507. The number of hydrogen-bond acceptors (Lipinski definition) is 4. The Hall–Kier alpha value is -1.98. The van der Waals surface area contributed by atoms with Crippen molar-refractivity contribution in [3.63, 3.8) is 0 Å². The molecule has 2 aromatic heterocycles. The number of benzene rings is 1. The number of rotatable bonds is 8. The van der Waals surface area contributed by atoms with Crippen molar-refractivity contribution in [2.45, 2.75) is 33.4 Å². The molecule has 3 rings (SSSR count). The third-order valence-electron chi connectivity index (χ3n) is 3.80. The van der Waals surface area contributed by atoms with Crippen LogP contribution in [0.4, 0.5) is 0 Å². The molecule has 122 valence electrons. The van der Waals surface area contributed by atoms with E-state index in [0.717, 1.165) is 47.3 Å². The maximum absolute atomic E-state index is 5.67. The minimum absolute atomic E-state index is 0.507. The van der Waals surface area contributed by atoms with E-state index < -0.39 is 0 Å². The quantitative estimate of drug-likeness (QED) is 0.597. The van der Waals surface area contributed by atoms with Crippen molar-refractivity contribution in [1.29, 1.82) is 0 Å². The van der Waals surface area contributed by atoms with Crippen LogP contribution in [0.25, 0.3) is 21.9 Å². The molecule has 23 heavy (non-hydrogen) atoms. The number of imidazole rings is 1. The molecule has 0 radical (unpaired) electrons. The molecule has 0 aliphatic carbocycles. The van der Waals surface area contributed by atoms with Gasteiger partial charge in [0, 0.05) is 25.1 Å². The van der Waals surface area contributed by atoms with Crippen molar-refractivity contribution in [2.24, 2.45) is 0 Å². The van der Waals surface area contributed by atoms with Crippen molar-refractivity contribution in [1.82, 2.24) is 14.5 Å². The van der Waals surface area contributed by atoms with Crippen LogP contribution < -0.4 is 0 Å². The van der Waals surface area contributed by atoms with Gasteiger partial charge in [-0.3, -0.25) is 4.98 Å². The Bertz CT molecular complexity index is 782. The Kier molecular flexibility index (Phi) is 5.20. The summed E-state index contributed by atoms with van der Waals surface area (Å²) in [7, 11) is 0. The molecule has 0 saturated carbocycles. The SMILES string of the molecule is CCCOCCn1c(COCC)nc2cnc3ccccc3c21. The molecule has 0 aliphatic heterocycles. The van der Waals surface area contributed by atoms with Gasteiger partial charge in [0.15, 0.2) is 0 Å². The van der Waals surface area contributed by atoms with Crippen molar-refractivity contribution in [3.8, 4) is 0 Å². The van der Waals surface area contributed by atoms with Crippen molar-refractivity contribution in [2.75, 3.05) is 19.8 Å². The maximum atomic E-state index is 5.67. The first-order valence-electron chi connectivity index (χ1n) is 8.23. The van der Waals surface area contributed by atoms with Crippen LogP contribution in [0.3, 0.4) is 0 Å². The lowest BCUT2D eigenvalue weighted by Gasteiger charge is -2.11. The molecule has 0 amide bonds. The molecule has 0 aliphatic rings. The summed E-state index contributed by atoms with van der Waals surface area (Å²) >= 11 is 0. The molecule has 0 bridgehead atoms. The zero-order chi connectivity index (χ0) is 16.1. The second kappa shape index (κ2) is 7.53. The fraction of sp³-hybridized carbons (Fsp3) is 0.444. The fourth-order valence-corrected chi connectivity index (χ4v) is 2.76. The summed E-state index contributed by atoms with van der Waals surface area (Å²) < 4.78 is 13.5. The van der Waals surface area contributed by atoms with Crippen LogP contribution in [-0.4, -0.2) is 34.4 Å². The molecule has 0 atom stereocenters. The van der Waals surface area contributed by atoms with Crippen LogP contribution in [0.2, 0.25) is 0 Å². The third-order valence-corrected chi connectivity index (χ3v) is 3.80. The van der Waals surface area contributed by atoms with Gasteiger partial charge in [0.25, 0.3) is 0 Å². The van der Waals surface area contributed by atoms with Crippen molar-refractivity contribution in [3.05, 3.63) is 36.3 Å². The number of pyridine rings is 1. The second-order valence-corrected chi connectivity index (χ2v) is 5.44. The second-order valence-electron chi connectivity index (χ2n) is 5.44. The van der Waals surface area contributed by atoms with Gasteiger partial charge in [-0.2, -0.15) is 0 Å². The molecule has 0 N–H and O–H groups in total. The number of hydrogen-bond donors (Lipinski definition) is 0. The normalized spacial score (nSPS) is 11.6. The van der Waals surface area contributed by atoms with Gasteiger partial charge in [0.1, 0.15) is 17.9 Å². The average Bonchev–Trinajstić information content (AvgIpc) is 2.95. The monoisotopic (exact) mass is 313 g/mol. The Morgan fingerprint density at radius 2 is 1.91 bits per heavy atom. The van der Waals surface area contributed by atoms with E-state index in [1.165, 1.54) is 0 Å². The van der Waals surface area contributed by atoms with Gasteiger partial charge < -0.3 is 14.0 Å². The number of fused-ring (bicyclic) bond motifs is 3. The highest BCUT2D eigenvalue weighted by Gasteiger charge is 2.14. The molecule has 1 aromatic carbocycles. The number of nitrogens with zero attached hydrogens (tertiary/aromatic N) is 3. The van der Waals surface area contributed by atoms with Crippen LogP contribution in [0.15, 0.2) is 30.5 Å². The largest absolute Gasteiger partial charge is 0.380 e. The molecule has 0 spiro atoms. The Morgan fingerprint density at radius 3 is 2.74 bits per heavy atom. The third kappa shape index (κ3) is 3.35. The van der Waals surface area contributed by atoms with E-state index >= 15 is 0 Å². The summed E-state index contributed by atoms with van der Waals surface area (Å²) in [6.07, 6.45) is 2.87. The van der Waals surface area contributed by atoms with E-state index in [9.17, 15) is 0 Å². The van der Waals surface area contributed by atoms with Crippen molar-refractivity contribution < 1.29 is 9.47 Å². The molecular formula is C18H23N3O2. The smallest absolute Gasteiger partial charge is 0.136 e. The first kappa shape index (κ1) is 15.9. The number of aromatic nitrogens is 3. The zero-order valence-corrected chi connectivity index (χ0v) is 13.8. The van der Waals surface area contributed by atoms with Crippen LogP contribution in [-0.2, 0) is 22.6 Å². The highest BCUT2D eigenvalue weighted by Crippen LogP contribution is 2.25. The summed E-state index contributed by atoms with van der Waals surface area (Å²) in [5, 5.41) is 1.12. The fourth-order valence-electron chi connectivity index (χ4n) is 2.76. The summed E-state index contributed by atoms with van der Waals surface area (Å²) in [6, 6.07) is 8.17. The van der Waals surface area contributed by atoms with Crippen LogP contribution in [0, 0.1) is 0 Å². The highest BCUT2D eigenvalue weighted by molar-refractivity contribution is 6.02. The Morgan fingerprint density at radius 1 is 1.04 bits per heavy atom. The first-order chi connectivity index (χ1) is 11.3. The Labute approximate surface area is 136 Å². The van der Waals surface area contributed by atoms with Gasteiger partial charge in [0.2, 0.25) is 0 Å². The zero-order valence-electron chi connectivity index (χ0n) is 13.8. The molecule has 2 heterocycles. The molecule has 0 unspecified atom stereocenters. The van der Waals surface area contributed by atoms with E-state index in [1.807, 2.05) is 31.3 Å². The van der Waals surface area contributed by atoms with Gasteiger partial charge in [-0.15, -0.1) is 0 Å². The lowest BCUT2D eigenvalue weighted by molar-refractivity contribution is 0.114. The molecule has 0 fully saturated rings. The summed E-state index contributed by atoms with van der Waals surface area (Å²) in [4.78, 5) is 9.23. The summed E-state index contributed by atoms with van der Waals surface area (Å²) in [5.74, 6) is 0.931. The van der Waals surface area contributed by atoms with E-state index in [2.05, 4.69) is 22.5 Å². The first-order valence-corrected chi connectivity index (χ1v) is 8.23. The van der Waals surface area contributed by atoms with Crippen molar-refractivity contribution >= 4 is 21.9 Å². The van der Waals surface area contributed by atoms with E-state index in [-0.39, 0.29) is 0 Å². The maximum Gasteiger partial charge on any atom is 0.136 e. The number of ether oxygens (including phenoxy) is 2. The van der Waals surface area contributed by atoms with Crippen LogP contribution in [0.5, 0.6) is 0 Å². The van der Waals surface area contributed by atoms with Gasteiger partial charge in [-0.25, -0.2) is 4.98 Å². The van der Waals surface area contributed by atoms with E-state index in [1.54, 1.807) is 0 Å². The van der Waals surface area contributed by atoms with E-state index in [0.29, 0.717) is 19.8 Å². The molecule has 3 aromatic rings. The predicted octanol–water partition coefficient (Wildman–Crippen LogP) is 3.55.